The summed E-state index contributed by atoms with van der Waals surface area (Å²) in [5.74, 6) is 0.00230. The maximum atomic E-state index is 12.2. The lowest BCUT2D eigenvalue weighted by atomic mass is 10.1. The van der Waals surface area contributed by atoms with Gasteiger partial charge in [-0.25, -0.2) is 9.78 Å². The monoisotopic (exact) mass is 372 g/mol. The number of rotatable bonds is 5. The van der Waals surface area contributed by atoms with Crippen molar-refractivity contribution in [1.29, 1.82) is 0 Å². The molecule has 6 nitrogen and oxygen atoms in total. The molecule has 0 bridgehead atoms. The lowest BCUT2D eigenvalue weighted by molar-refractivity contribution is -0.121. The van der Waals surface area contributed by atoms with Gasteiger partial charge in [-0.05, 0) is 25.0 Å². The van der Waals surface area contributed by atoms with Crippen molar-refractivity contribution in [1.82, 2.24) is 10.3 Å². The number of benzene rings is 1. The normalized spacial score (nSPS) is 15.1. The van der Waals surface area contributed by atoms with Crippen LogP contribution in [0.1, 0.15) is 44.2 Å². The number of para-hydroxylation sites is 1. The van der Waals surface area contributed by atoms with Crippen LogP contribution >= 0.6 is 11.3 Å². The van der Waals surface area contributed by atoms with E-state index >= 15 is 0 Å². The van der Waals surface area contributed by atoms with Gasteiger partial charge in [0.05, 0.1) is 12.1 Å². The summed E-state index contributed by atoms with van der Waals surface area (Å²) in [5.41, 5.74) is 1.39. The van der Waals surface area contributed by atoms with Crippen molar-refractivity contribution in [3.05, 3.63) is 41.4 Å². The van der Waals surface area contributed by atoms with Crippen LogP contribution in [-0.2, 0) is 11.2 Å². The number of hydrogen-bond donors (Lipinski definition) is 3. The highest BCUT2D eigenvalue weighted by atomic mass is 32.1. The minimum Gasteiger partial charge on any atom is -0.353 e. The number of anilines is 2. The van der Waals surface area contributed by atoms with Crippen LogP contribution in [0.25, 0.3) is 0 Å². The average Bonchev–Trinajstić information content (AvgIpc) is 2.89. The molecule has 1 aliphatic carbocycles. The van der Waals surface area contributed by atoms with Gasteiger partial charge in [-0.15, -0.1) is 11.3 Å². The average molecular weight is 372 g/mol. The van der Waals surface area contributed by atoms with Gasteiger partial charge in [0.2, 0.25) is 5.91 Å². The lowest BCUT2D eigenvalue weighted by Crippen LogP contribution is -2.35. The van der Waals surface area contributed by atoms with Gasteiger partial charge in [0, 0.05) is 17.1 Å². The van der Waals surface area contributed by atoms with Crippen molar-refractivity contribution >= 4 is 34.1 Å². The molecule has 1 aromatic heterocycles. The molecule has 1 aromatic carbocycles. The Morgan fingerprint density at radius 1 is 1.04 bits per heavy atom. The van der Waals surface area contributed by atoms with Gasteiger partial charge in [-0.3, -0.25) is 10.1 Å². The Kier molecular flexibility index (Phi) is 6.60. The Morgan fingerprint density at radius 3 is 2.50 bits per heavy atom. The van der Waals surface area contributed by atoms with Crippen molar-refractivity contribution in [3.8, 4) is 0 Å². The third kappa shape index (κ3) is 5.84. The van der Waals surface area contributed by atoms with Crippen LogP contribution in [0.2, 0.25) is 0 Å². The van der Waals surface area contributed by atoms with Crippen LogP contribution in [0, 0.1) is 0 Å². The number of nitrogens with zero attached hydrogens (tertiary/aromatic N) is 1. The first kappa shape index (κ1) is 18.4. The molecule has 3 rings (SSSR count). The standard InChI is InChI=1S/C19H24N4O2S/c24-17(20-14-8-4-1-2-5-9-14)12-16-13-26-19(22-16)23-18(25)21-15-10-6-3-7-11-15/h3,6-7,10-11,13-14H,1-2,4-5,8-9,12H2,(H,20,24)(H2,21,22,23,25). The molecule has 0 unspecified atom stereocenters. The van der Waals surface area contributed by atoms with E-state index in [9.17, 15) is 9.59 Å². The maximum Gasteiger partial charge on any atom is 0.325 e. The van der Waals surface area contributed by atoms with Gasteiger partial charge in [0.25, 0.3) is 0 Å². The molecule has 3 amide bonds. The molecule has 0 aliphatic heterocycles. The number of urea groups is 1. The number of thiazole rings is 1. The second-order valence-corrected chi connectivity index (χ2v) is 7.38. The Hall–Kier alpha value is -2.41. The maximum absolute atomic E-state index is 12.2. The van der Waals surface area contributed by atoms with Crippen LogP contribution < -0.4 is 16.0 Å². The number of carbonyl (C=O) groups excluding carboxylic acids is 2. The van der Waals surface area contributed by atoms with Gasteiger partial charge in [0.1, 0.15) is 0 Å². The van der Waals surface area contributed by atoms with E-state index in [1.165, 1.54) is 37.0 Å². The first-order valence-electron chi connectivity index (χ1n) is 9.06. The molecule has 0 saturated heterocycles. The minimum absolute atomic E-state index is 0.00230. The number of aromatic nitrogens is 1. The van der Waals surface area contributed by atoms with Gasteiger partial charge < -0.3 is 10.6 Å². The molecular formula is C19H24N4O2S. The van der Waals surface area contributed by atoms with Crippen molar-refractivity contribution in [2.75, 3.05) is 10.6 Å². The zero-order valence-corrected chi connectivity index (χ0v) is 15.5. The Balaban J connectivity index is 1.46. The molecule has 3 N–H and O–H groups in total. The first-order valence-corrected chi connectivity index (χ1v) is 9.94. The topological polar surface area (TPSA) is 83.1 Å². The van der Waals surface area contributed by atoms with E-state index in [2.05, 4.69) is 20.9 Å². The second-order valence-electron chi connectivity index (χ2n) is 6.52. The number of nitrogens with one attached hydrogen (secondary N) is 3. The summed E-state index contributed by atoms with van der Waals surface area (Å²) in [6, 6.07) is 9.15. The highest BCUT2D eigenvalue weighted by Gasteiger charge is 2.16. The van der Waals surface area contributed by atoms with Crippen LogP contribution in [0.5, 0.6) is 0 Å². The molecule has 7 heteroatoms. The fourth-order valence-electron chi connectivity index (χ4n) is 3.09. The SMILES string of the molecule is O=C(Cc1csc(NC(=O)Nc2ccccc2)n1)NC1CCCCCC1. The smallest absolute Gasteiger partial charge is 0.325 e. The second kappa shape index (κ2) is 9.33. The molecule has 1 saturated carbocycles. The van der Waals surface area contributed by atoms with Crippen LogP contribution in [0.3, 0.4) is 0 Å². The zero-order chi connectivity index (χ0) is 18.2. The fraction of sp³-hybridized carbons (Fsp3) is 0.421. The van der Waals surface area contributed by atoms with E-state index in [4.69, 9.17) is 0 Å². The van der Waals surface area contributed by atoms with Crippen molar-refractivity contribution < 1.29 is 9.59 Å². The summed E-state index contributed by atoms with van der Waals surface area (Å²) in [5, 5.41) is 10.8. The predicted octanol–water partition coefficient (Wildman–Crippen LogP) is 4.17. The van der Waals surface area contributed by atoms with E-state index < -0.39 is 0 Å². The Bertz CT molecular complexity index is 724. The van der Waals surface area contributed by atoms with E-state index in [1.54, 1.807) is 0 Å². The number of carbonyl (C=O) groups is 2. The van der Waals surface area contributed by atoms with Gasteiger partial charge in [-0.1, -0.05) is 43.9 Å². The van der Waals surface area contributed by atoms with Crippen LogP contribution in [0.15, 0.2) is 35.7 Å². The largest absolute Gasteiger partial charge is 0.353 e. The summed E-state index contributed by atoms with van der Waals surface area (Å²) in [6.07, 6.45) is 7.27. The lowest BCUT2D eigenvalue weighted by Gasteiger charge is -2.15. The van der Waals surface area contributed by atoms with Gasteiger partial charge in [0.15, 0.2) is 5.13 Å². The highest BCUT2D eigenvalue weighted by molar-refractivity contribution is 7.14. The third-order valence-electron chi connectivity index (χ3n) is 4.37. The molecule has 1 fully saturated rings. The van der Waals surface area contributed by atoms with Crippen molar-refractivity contribution in [2.24, 2.45) is 0 Å². The zero-order valence-electron chi connectivity index (χ0n) is 14.7. The molecule has 26 heavy (non-hydrogen) atoms. The molecule has 138 valence electrons. The molecule has 0 radical (unpaired) electrons. The Labute approximate surface area is 157 Å². The van der Waals surface area contributed by atoms with Gasteiger partial charge in [-0.2, -0.15) is 0 Å². The minimum atomic E-state index is -0.347. The van der Waals surface area contributed by atoms with E-state index in [-0.39, 0.29) is 24.4 Å². The summed E-state index contributed by atoms with van der Waals surface area (Å²) in [4.78, 5) is 28.5. The van der Waals surface area contributed by atoms with Gasteiger partial charge >= 0.3 is 6.03 Å². The van der Waals surface area contributed by atoms with Crippen molar-refractivity contribution in [2.45, 2.75) is 51.0 Å². The Morgan fingerprint density at radius 2 is 1.77 bits per heavy atom. The van der Waals surface area contributed by atoms with Crippen LogP contribution in [-0.4, -0.2) is 23.0 Å². The fourth-order valence-corrected chi connectivity index (χ4v) is 3.80. The summed E-state index contributed by atoms with van der Waals surface area (Å²) < 4.78 is 0. The summed E-state index contributed by atoms with van der Waals surface area (Å²) in [6.45, 7) is 0. The third-order valence-corrected chi connectivity index (χ3v) is 5.17. The highest BCUT2D eigenvalue weighted by Crippen LogP contribution is 2.19. The molecule has 1 heterocycles. The molecule has 0 atom stereocenters. The quantitative estimate of drug-likeness (QED) is 0.689. The molecular weight excluding hydrogens is 348 g/mol. The molecule has 0 spiro atoms. The first-order chi connectivity index (χ1) is 12.7. The number of amides is 3. The van der Waals surface area contributed by atoms with E-state index in [0.717, 1.165) is 12.8 Å². The van der Waals surface area contributed by atoms with Crippen molar-refractivity contribution in [3.63, 3.8) is 0 Å². The van der Waals surface area contributed by atoms with E-state index in [1.807, 2.05) is 35.7 Å². The van der Waals surface area contributed by atoms with E-state index in [0.29, 0.717) is 16.5 Å². The number of hydrogen-bond acceptors (Lipinski definition) is 4. The molecule has 1 aliphatic rings. The van der Waals surface area contributed by atoms with Crippen LogP contribution in [0.4, 0.5) is 15.6 Å². The molecule has 2 aromatic rings. The predicted molar refractivity (Wildman–Crippen MR) is 105 cm³/mol. The summed E-state index contributed by atoms with van der Waals surface area (Å²) >= 11 is 1.32. The summed E-state index contributed by atoms with van der Waals surface area (Å²) in [7, 11) is 0.